The molecule has 0 radical (unpaired) electrons. The topological polar surface area (TPSA) is 38.0 Å². The number of benzene rings is 2. The molecule has 0 spiro atoms. The first-order valence-electron chi connectivity index (χ1n) is 5.60. The fraction of sp³-hybridized carbons (Fsp3) is 0.143. The lowest BCUT2D eigenvalue weighted by Crippen LogP contribution is -2.29. The minimum atomic E-state index is -0.0883. The first-order valence-corrected chi connectivity index (χ1v) is 7.21. The third-order valence-electron chi connectivity index (χ3n) is 2.83. The zero-order valence-corrected chi connectivity index (χ0v) is 11.6. The van der Waals surface area contributed by atoms with E-state index in [1.54, 1.807) is 11.8 Å². The van der Waals surface area contributed by atoms with Crippen LogP contribution in [0.4, 0.5) is 0 Å². The minimum absolute atomic E-state index is 0.0883. The smallest absolute Gasteiger partial charge is 0.0724 e. The van der Waals surface area contributed by atoms with E-state index in [0.717, 1.165) is 16.1 Å². The summed E-state index contributed by atoms with van der Waals surface area (Å²) in [4.78, 5) is 1.23. The van der Waals surface area contributed by atoms with E-state index in [0.29, 0.717) is 0 Å². The molecule has 0 fully saturated rings. The minimum Gasteiger partial charge on any atom is -0.271 e. The second-order valence-electron chi connectivity index (χ2n) is 3.89. The molecular weight excluding hydrogens is 264 g/mol. The van der Waals surface area contributed by atoms with Crippen molar-refractivity contribution in [1.82, 2.24) is 5.43 Å². The molecule has 1 atom stereocenters. The SMILES string of the molecule is CSc1ccc(C(NN)c2ccccc2Cl)cc1. The second-order valence-corrected chi connectivity index (χ2v) is 5.18. The average Bonchev–Trinajstić information content (AvgIpc) is 2.42. The molecule has 1 unspecified atom stereocenters. The van der Waals surface area contributed by atoms with Crippen LogP contribution in [0.3, 0.4) is 0 Å². The van der Waals surface area contributed by atoms with Gasteiger partial charge in [0.1, 0.15) is 0 Å². The van der Waals surface area contributed by atoms with Crippen LogP contribution in [0.25, 0.3) is 0 Å². The van der Waals surface area contributed by atoms with Crippen LogP contribution in [0.15, 0.2) is 53.4 Å². The van der Waals surface area contributed by atoms with Gasteiger partial charge >= 0.3 is 0 Å². The zero-order chi connectivity index (χ0) is 13.0. The van der Waals surface area contributed by atoms with Crippen molar-refractivity contribution >= 4 is 23.4 Å². The van der Waals surface area contributed by atoms with Gasteiger partial charge in [0.2, 0.25) is 0 Å². The average molecular weight is 279 g/mol. The van der Waals surface area contributed by atoms with Crippen LogP contribution < -0.4 is 11.3 Å². The maximum absolute atomic E-state index is 6.21. The van der Waals surface area contributed by atoms with E-state index in [9.17, 15) is 0 Å². The highest BCUT2D eigenvalue weighted by Crippen LogP contribution is 2.28. The highest BCUT2D eigenvalue weighted by Gasteiger charge is 2.14. The molecule has 0 amide bonds. The van der Waals surface area contributed by atoms with Crippen LogP contribution in [0.1, 0.15) is 17.2 Å². The summed E-state index contributed by atoms with van der Waals surface area (Å²) in [5.41, 5.74) is 4.91. The van der Waals surface area contributed by atoms with Crippen LogP contribution in [-0.2, 0) is 0 Å². The Hall–Kier alpha value is -1.00. The van der Waals surface area contributed by atoms with Crippen LogP contribution in [0.2, 0.25) is 5.02 Å². The number of thioether (sulfide) groups is 1. The number of rotatable bonds is 4. The number of halogens is 1. The summed E-state index contributed by atoms with van der Waals surface area (Å²) in [6, 6.07) is 15.9. The first kappa shape index (κ1) is 13.4. The Morgan fingerprint density at radius 3 is 2.33 bits per heavy atom. The molecule has 0 aliphatic rings. The van der Waals surface area contributed by atoms with E-state index >= 15 is 0 Å². The molecule has 3 N–H and O–H groups in total. The van der Waals surface area contributed by atoms with Crippen LogP contribution in [0.5, 0.6) is 0 Å². The van der Waals surface area contributed by atoms with E-state index in [4.69, 9.17) is 17.4 Å². The molecule has 2 aromatic carbocycles. The molecule has 0 aliphatic carbocycles. The zero-order valence-electron chi connectivity index (χ0n) is 10.1. The van der Waals surface area contributed by atoms with Crippen molar-refractivity contribution in [3.05, 3.63) is 64.7 Å². The summed E-state index contributed by atoms with van der Waals surface area (Å²) in [7, 11) is 0. The van der Waals surface area contributed by atoms with Gasteiger partial charge in [0.05, 0.1) is 6.04 Å². The molecule has 94 valence electrons. The molecule has 18 heavy (non-hydrogen) atoms. The van der Waals surface area contributed by atoms with Gasteiger partial charge in [-0.1, -0.05) is 41.9 Å². The van der Waals surface area contributed by atoms with Crippen LogP contribution in [-0.4, -0.2) is 6.26 Å². The van der Waals surface area contributed by atoms with Gasteiger partial charge in [0.15, 0.2) is 0 Å². The predicted octanol–water partition coefficient (Wildman–Crippen LogP) is 3.61. The molecule has 4 heteroatoms. The van der Waals surface area contributed by atoms with Gasteiger partial charge in [0, 0.05) is 9.92 Å². The first-order chi connectivity index (χ1) is 8.76. The maximum Gasteiger partial charge on any atom is 0.0724 e. The van der Waals surface area contributed by atoms with Gasteiger partial charge in [-0.2, -0.15) is 0 Å². The second kappa shape index (κ2) is 6.25. The summed E-state index contributed by atoms with van der Waals surface area (Å²) >= 11 is 7.92. The quantitative estimate of drug-likeness (QED) is 0.510. The Morgan fingerprint density at radius 2 is 1.78 bits per heavy atom. The molecule has 0 aliphatic heterocycles. The summed E-state index contributed by atoms with van der Waals surface area (Å²) in [6.45, 7) is 0. The van der Waals surface area contributed by atoms with Gasteiger partial charge in [-0.25, -0.2) is 5.43 Å². The number of nitrogens with one attached hydrogen (secondary N) is 1. The number of hydrazine groups is 1. The lowest BCUT2D eigenvalue weighted by molar-refractivity contribution is 0.636. The predicted molar refractivity (Wildman–Crippen MR) is 78.8 cm³/mol. The van der Waals surface area contributed by atoms with E-state index in [1.807, 2.05) is 24.3 Å². The van der Waals surface area contributed by atoms with Crippen molar-refractivity contribution in [2.75, 3.05) is 6.26 Å². The molecule has 0 saturated carbocycles. The fourth-order valence-corrected chi connectivity index (χ4v) is 2.52. The number of nitrogens with two attached hydrogens (primary N) is 1. The summed E-state index contributed by atoms with van der Waals surface area (Å²) < 4.78 is 0. The van der Waals surface area contributed by atoms with Gasteiger partial charge < -0.3 is 0 Å². The standard InChI is InChI=1S/C14H15ClN2S/c1-18-11-8-6-10(7-9-11)14(17-16)12-4-2-3-5-13(12)15/h2-9,14,17H,16H2,1H3. The van der Waals surface area contributed by atoms with E-state index in [2.05, 4.69) is 35.9 Å². The molecule has 2 aromatic rings. The molecule has 2 rings (SSSR count). The fourth-order valence-electron chi connectivity index (χ4n) is 1.87. The van der Waals surface area contributed by atoms with E-state index in [1.165, 1.54) is 4.90 Å². The third-order valence-corrected chi connectivity index (χ3v) is 3.92. The Kier molecular flexibility index (Phi) is 4.66. The highest BCUT2D eigenvalue weighted by atomic mass is 35.5. The Labute approximate surface area is 117 Å². The van der Waals surface area contributed by atoms with Gasteiger partial charge in [-0.05, 0) is 35.6 Å². The number of hydrogen-bond acceptors (Lipinski definition) is 3. The largest absolute Gasteiger partial charge is 0.271 e. The maximum atomic E-state index is 6.21. The highest BCUT2D eigenvalue weighted by molar-refractivity contribution is 7.98. The van der Waals surface area contributed by atoms with Crippen molar-refractivity contribution in [3.63, 3.8) is 0 Å². The normalized spacial score (nSPS) is 12.4. The monoisotopic (exact) mass is 278 g/mol. The summed E-state index contributed by atoms with van der Waals surface area (Å²) in [6.07, 6.45) is 2.06. The summed E-state index contributed by atoms with van der Waals surface area (Å²) in [5.74, 6) is 5.66. The van der Waals surface area contributed by atoms with Crippen molar-refractivity contribution in [2.45, 2.75) is 10.9 Å². The van der Waals surface area contributed by atoms with Crippen LogP contribution >= 0.6 is 23.4 Å². The van der Waals surface area contributed by atoms with Crippen molar-refractivity contribution < 1.29 is 0 Å². The van der Waals surface area contributed by atoms with Gasteiger partial charge in [-0.3, -0.25) is 5.84 Å². The van der Waals surface area contributed by atoms with Crippen molar-refractivity contribution in [1.29, 1.82) is 0 Å². The van der Waals surface area contributed by atoms with Crippen molar-refractivity contribution in [2.24, 2.45) is 5.84 Å². The van der Waals surface area contributed by atoms with E-state index < -0.39 is 0 Å². The Balaban J connectivity index is 2.36. The lowest BCUT2D eigenvalue weighted by atomic mass is 9.99. The van der Waals surface area contributed by atoms with E-state index in [-0.39, 0.29) is 6.04 Å². The molecule has 2 nitrogen and oxygen atoms in total. The van der Waals surface area contributed by atoms with Crippen molar-refractivity contribution in [3.8, 4) is 0 Å². The Bertz CT molecular complexity index is 513. The molecule has 0 saturated heterocycles. The molecule has 0 heterocycles. The van der Waals surface area contributed by atoms with Gasteiger partial charge in [0.25, 0.3) is 0 Å². The Morgan fingerprint density at radius 1 is 1.11 bits per heavy atom. The number of hydrogen-bond donors (Lipinski definition) is 2. The molecule has 0 aromatic heterocycles. The third kappa shape index (κ3) is 2.87. The summed E-state index contributed by atoms with van der Waals surface area (Å²) in [5, 5.41) is 0.717. The van der Waals surface area contributed by atoms with Crippen LogP contribution in [0, 0.1) is 0 Å². The molecule has 0 bridgehead atoms. The molecular formula is C14H15ClN2S. The van der Waals surface area contributed by atoms with Gasteiger partial charge in [-0.15, -0.1) is 11.8 Å². The lowest BCUT2D eigenvalue weighted by Gasteiger charge is -2.18.